The Morgan fingerprint density at radius 3 is 2.50 bits per heavy atom. The number of alkyl halides is 1. The number of carbonyl (C=O) groups is 2. The van der Waals surface area contributed by atoms with Gasteiger partial charge in [-0.05, 0) is 46.5 Å². The molecule has 0 radical (unpaired) electrons. The number of nitrogens with zero attached hydrogens (tertiary/aromatic N) is 1. The van der Waals surface area contributed by atoms with Gasteiger partial charge in [-0.2, -0.15) is 0 Å². The van der Waals surface area contributed by atoms with Crippen LogP contribution < -0.4 is 0 Å². The van der Waals surface area contributed by atoms with Gasteiger partial charge < -0.3 is 14.7 Å². The van der Waals surface area contributed by atoms with E-state index in [1.807, 2.05) is 0 Å². The monoisotopic (exact) mass is 289 g/mol. The lowest BCUT2D eigenvalue weighted by molar-refractivity contribution is -0.146. The molecular weight excluding hydrogens is 265 g/mol. The molecular formula is C14H24FNO4. The van der Waals surface area contributed by atoms with Crippen molar-refractivity contribution in [3.63, 3.8) is 0 Å². The van der Waals surface area contributed by atoms with Crippen molar-refractivity contribution in [2.24, 2.45) is 11.8 Å². The van der Waals surface area contributed by atoms with Crippen molar-refractivity contribution in [3.8, 4) is 0 Å². The molecule has 3 atom stereocenters. The minimum atomic E-state index is -1.08. The number of hydrogen-bond donors (Lipinski definition) is 1. The van der Waals surface area contributed by atoms with Gasteiger partial charge in [-0.25, -0.2) is 9.18 Å². The van der Waals surface area contributed by atoms with E-state index in [4.69, 9.17) is 4.74 Å². The fourth-order valence-corrected chi connectivity index (χ4v) is 2.51. The average Bonchev–Trinajstić information content (AvgIpc) is 2.25. The van der Waals surface area contributed by atoms with Crippen LogP contribution in [0.4, 0.5) is 9.18 Å². The van der Waals surface area contributed by atoms with Crippen LogP contribution in [-0.4, -0.2) is 46.9 Å². The highest BCUT2D eigenvalue weighted by atomic mass is 19.1. The third kappa shape index (κ3) is 4.98. The summed E-state index contributed by atoms with van der Waals surface area (Å²) in [6.45, 7) is 7.30. The Morgan fingerprint density at radius 2 is 2.05 bits per heavy atom. The number of piperidine rings is 1. The van der Waals surface area contributed by atoms with Gasteiger partial charge in [0.15, 0.2) is 0 Å². The van der Waals surface area contributed by atoms with E-state index in [1.165, 1.54) is 11.8 Å². The Bertz CT molecular complexity index is 365. The predicted molar refractivity (Wildman–Crippen MR) is 72.2 cm³/mol. The molecule has 6 heteroatoms. The third-order valence-corrected chi connectivity index (χ3v) is 3.33. The zero-order chi connectivity index (χ0) is 15.5. The molecule has 0 bridgehead atoms. The Hall–Kier alpha value is -1.33. The molecule has 1 amide bonds. The molecule has 5 nitrogen and oxygen atoms in total. The predicted octanol–water partition coefficient (Wildman–Crippen LogP) is 2.69. The molecule has 1 saturated heterocycles. The summed E-state index contributed by atoms with van der Waals surface area (Å²) in [7, 11) is 0. The number of rotatable bonds is 3. The van der Waals surface area contributed by atoms with Gasteiger partial charge in [0.25, 0.3) is 0 Å². The summed E-state index contributed by atoms with van der Waals surface area (Å²) in [4.78, 5) is 24.7. The lowest BCUT2D eigenvalue weighted by Gasteiger charge is -2.37. The Morgan fingerprint density at radius 1 is 1.45 bits per heavy atom. The highest BCUT2D eigenvalue weighted by Crippen LogP contribution is 2.29. The zero-order valence-corrected chi connectivity index (χ0v) is 12.6. The summed E-state index contributed by atoms with van der Waals surface area (Å²) in [6.07, 6.45) is -1.05. The molecule has 3 unspecified atom stereocenters. The van der Waals surface area contributed by atoms with Gasteiger partial charge in [-0.3, -0.25) is 4.79 Å². The van der Waals surface area contributed by atoms with Crippen molar-refractivity contribution < 1.29 is 23.8 Å². The second kappa shape index (κ2) is 6.41. The fraction of sp³-hybridized carbons (Fsp3) is 0.857. The van der Waals surface area contributed by atoms with Gasteiger partial charge in [0, 0.05) is 13.1 Å². The number of likely N-dealkylation sites (tertiary alicyclic amines) is 1. The van der Waals surface area contributed by atoms with Crippen LogP contribution in [0.15, 0.2) is 0 Å². The summed E-state index contributed by atoms with van der Waals surface area (Å²) >= 11 is 0. The third-order valence-electron chi connectivity index (χ3n) is 3.33. The average molecular weight is 289 g/mol. The van der Waals surface area contributed by atoms with Gasteiger partial charge in [0.1, 0.15) is 5.60 Å². The molecule has 1 rings (SSSR count). The van der Waals surface area contributed by atoms with Gasteiger partial charge in [-0.15, -0.1) is 0 Å². The van der Waals surface area contributed by atoms with Crippen molar-refractivity contribution >= 4 is 12.1 Å². The van der Waals surface area contributed by atoms with E-state index in [1.54, 1.807) is 20.8 Å². The highest BCUT2D eigenvalue weighted by Gasteiger charge is 2.37. The van der Waals surface area contributed by atoms with E-state index in [2.05, 4.69) is 0 Å². The maximum absolute atomic E-state index is 13.2. The molecule has 1 N–H and O–H groups in total. The number of ether oxygens (including phenoxy) is 1. The maximum Gasteiger partial charge on any atom is 0.410 e. The second-order valence-electron chi connectivity index (χ2n) is 6.44. The van der Waals surface area contributed by atoms with E-state index < -0.39 is 29.8 Å². The van der Waals surface area contributed by atoms with E-state index in [0.717, 1.165) is 0 Å². The van der Waals surface area contributed by atoms with E-state index in [-0.39, 0.29) is 18.9 Å². The largest absolute Gasteiger partial charge is 0.481 e. The summed E-state index contributed by atoms with van der Waals surface area (Å²) in [5, 5.41) is 9.18. The van der Waals surface area contributed by atoms with E-state index in [9.17, 15) is 19.1 Å². The van der Waals surface area contributed by atoms with Crippen LogP contribution in [0, 0.1) is 11.8 Å². The van der Waals surface area contributed by atoms with Gasteiger partial charge >= 0.3 is 12.1 Å². The molecule has 1 heterocycles. The SMILES string of the molecule is CC(F)CC1CN(C(=O)OC(C)(C)C)CCC1C(=O)O. The number of hydrogen-bond acceptors (Lipinski definition) is 3. The standard InChI is InChI=1S/C14H24FNO4/c1-9(15)7-10-8-16(6-5-11(10)12(17)18)13(19)20-14(2,3)4/h9-11H,5-8H2,1-4H3,(H,17,18). The highest BCUT2D eigenvalue weighted by molar-refractivity contribution is 5.72. The van der Waals surface area contributed by atoms with Crippen LogP contribution in [0.3, 0.4) is 0 Å². The Labute approximate surface area is 119 Å². The van der Waals surface area contributed by atoms with E-state index >= 15 is 0 Å². The first-order valence-electron chi connectivity index (χ1n) is 6.95. The first kappa shape index (κ1) is 16.7. The molecule has 116 valence electrons. The fourth-order valence-electron chi connectivity index (χ4n) is 2.51. The summed E-state index contributed by atoms with van der Waals surface area (Å²) in [5.41, 5.74) is -0.594. The van der Waals surface area contributed by atoms with Crippen LogP contribution in [-0.2, 0) is 9.53 Å². The van der Waals surface area contributed by atoms with Crippen LogP contribution in [0.5, 0.6) is 0 Å². The molecule has 1 fully saturated rings. The number of amides is 1. The van der Waals surface area contributed by atoms with Crippen LogP contribution >= 0.6 is 0 Å². The summed E-state index contributed by atoms with van der Waals surface area (Å²) in [5.74, 6) is -1.87. The number of halogens is 1. The molecule has 0 aliphatic carbocycles. The van der Waals surface area contributed by atoms with Gasteiger partial charge in [0.05, 0.1) is 12.1 Å². The lowest BCUT2D eigenvalue weighted by Crippen LogP contribution is -2.48. The first-order chi connectivity index (χ1) is 9.10. The minimum Gasteiger partial charge on any atom is -0.481 e. The zero-order valence-electron chi connectivity index (χ0n) is 12.6. The quantitative estimate of drug-likeness (QED) is 0.867. The Balaban J connectivity index is 2.70. The van der Waals surface area contributed by atoms with Crippen LogP contribution in [0.25, 0.3) is 0 Å². The van der Waals surface area contributed by atoms with Crippen LogP contribution in [0.2, 0.25) is 0 Å². The number of carboxylic acid groups (broad SMARTS) is 1. The second-order valence-corrected chi connectivity index (χ2v) is 6.44. The van der Waals surface area contributed by atoms with Crippen molar-refractivity contribution in [1.29, 1.82) is 0 Å². The molecule has 1 aliphatic rings. The van der Waals surface area contributed by atoms with E-state index in [0.29, 0.717) is 13.0 Å². The summed E-state index contributed by atoms with van der Waals surface area (Å²) < 4.78 is 18.5. The van der Waals surface area contributed by atoms with Crippen LogP contribution in [0.1, 0.15) is 40.5 Å². The minimum absolute atomic E-state index is 0.149. The summed E-state index contributed by atoms with van der Waals surface area (Å²) in [6, 6.07) is 0. The van der Waals surface area contributed by atoms with Gasteiger partial charge in [-0.1, -0.05) is 0 Å². The molecule has 0 aromatic rings. The first-order valence-corrected chi connectivity index (χ1v) is 6.95. The maximum atomic E-state index is 13.2. The normalized spacial score (nSPS) is 25.1. The van der Waals surface area contributed by atoms with Crippen molar-refractivity contribution in [1.82, 2.24) is 4.90 Å². The molecule has 20 heavy (non-hydrogen) atoms. The molecule has 0 saturated carbocycles. The lowest BCUT2D eigenvalue weighted by atomic mass is 9.82. The van der Waals surface area contributed by atoms with Crippen molar-refractivity contribution in [2.75, 3.05) is 13.1 Å². The number of carboxylic acids is 1. The van der Waals surface area contributed by atoms with Crippen molar-refractivity contribution in [2.45, 2.75) is 52.3 Å². The van der Waals surface area contributed by atoms with Gasteiger partial charge in [0.2, 0.25) is 0 Å². The molecule has 0 aromatic carbocycles. The number of carbonyl (C=O) groups excluding carboxylic acids is 1. The number of aliphatic carboxylic acids is 1. The Kier molecular flexibility index (Phi) is 5.36. The molecule has 1 aliphatic heterocycles. The van der Waals surface area contributed by atoms with Crippen molar-refractivity contribution in [3.05, 3.63) is 0 Å². The topological polar surface area (TPSA) is 66.8 Å². The molecule has 0 aromatic heterocycles. The smallest absolute Gasteiger partial charge is 0.410 e. The molecule has 0 spiro atoms.